The maximum atomic E-state index is 11.7. The number of hydrogen-bond acceptors (Lipinski definition) is 5. The highest BCUT2D eigenvalue weighted by Gasteiger charge is 2.06. The van der Waals surface area contributed by atoms with Crippen molar-refractivity contribution in [2.45, 2.75) is 26.8 Å². The third-order valence-electron chi connectivity index (χ3n) is 2.91. The molecule has 7 nitrogen and oxygen atoms in total. The zero-order valence-corrected chi connectivity index (χ0v) is 12.2. The number of amides is 1. The van der Waals surface area contributed by atoms with Crippen molar-refractivity contribution in [1.82, 2.24) is 25.5 Å². The molecule has 1 heterocycles. The molecular weight excluding hydrogens is 270 g/mol. The van der Waals surface area contributed by atoms with Crippen LogP contribution in [0.5, 0.6) is 5.75 Å². The molecule has 1 aromatic carbocycles. The summed E-state index contributed by atoms with van der Waals surface area (Å²) >= 11 is 0. The number of aryl methyl sites for hydroxylation is 2. The lowest BCUT2D eigenvalue weighted by Crippen LogP contribution is -2.30. The van der Waals surface area contributed by atoms with Gasteiger partial charge < -0.3 is 10.1 Å². The Hall–Kier alpha value is -2.44. The molecule has 0 unspecified atom stereocenters. The van der Waals surface area contributed by atoms with E-state index in [1.54, 1.807) is 6.92 Å². The van der Waals surface area contributed by atoms with Gasteiger partial charge in [0.2, 0.25) is 5.91 Å². The summed E-state index contributed by atoms with van der Waals surface area (Å²) in [7, 11) is 0. The molecule has 0 fully saturated rings. The van der Waals surface area contributed by atoms with Crippen molar-refractivity contribution in [3.63, 3.8) is 0 Å². The second-order valence-electron chi connectivity index (χ2n) is 4.75. The summed E-state index contributed by atoms with van der Waals surface area (Å²) in [5.41, 5.74) is 1.16. The van der Waals surface area contributed by atoms with Crippen molar-refractivity contribution >= 4 is 5.91 Å². The van der Waals surface area contributed by atoms with Crippen LogP contribution in [0.25, 0.3) is 0 Å². The molecule has 0 radical (unpaired) electrons. The fourth-order valence-electron chi connectivity index (χ4n) is 1.78. The molecule has 0 saturated heterocycles. The van der Waals surface area contributed by atoms with Crippen LogP contribution in [0.3, 0.4) is 0 Å². The molecule has 1 aromatic heterocycles. The van der Waals surface area contributed by atoms with Gasteiger partial charge >= 0.3 is 0 Å². The molecule has 0 aliphatic heterocycles. The van der Waals surface area contributed by atoms with Gasteiger partial charge in [-0.3, -0.25) is 4.79 Å². The van der Waals surface area contributed by atoms with Crippen LogP contribution in [0, 0.1) is 13.8 Å². The van der Waals surface area contributed by atoms with Crippen LogP contribution in [0.1, 0.15) is 17.8 Å². The van der Waals surface area contributed by atoms with Gasteiger partial charge in [0.15, 0.2) is 0 Å². The standard InChI is InChI=1S/C14H19N5O2/c1-11-5-3-6-13(9-11)21-8-4-7-15-14(20)10-19-12(2)16-17-18-19/h3,5-6,9H,4,7-8,10H2,1-2H3,(H,15,20). The second-order valence-corrected chi connectivity index (χ2v) is 4.75. The summed E-state index contributed by atoms with van der Waals surface area (Å²) < 4.78 is 7.06. The van der Waals surface area contributed by atoms with Gasteiger partial charge in [-0.2, -0.15) is 0 Å². The first kappa shape index (κ1) is 15.0. The minimum absolute atomic E-state index is 0.110. The fourth-order valence-corrected chi connectivity index (χ4v) is 1.78. The number of carbonyl (C=O) groups is 1. The molecule has 21 heavy (non-hydrogen) atoms. The van der Waals surface area contributed by atoms with E-state index in [0.29, 0.717) is 19.0 Å². The number of ether oxygens (including phenoxy) is 1. The average molecular weight is 289 g/mol. The number of nitrogens with zero attached hydrogens (tertiary/aromatic N) is 4. The van der Waals surface area contributed by atoms with Crippen LogP contribution in [0.15, 0.2) is 24.3 Å². The van der Waals surface area contributed by atoms with E-state index in [4.69, 9.17) is 4.74 Å². The lowest BCUT2D eigenvalue weighted by molar-refractivity contribution is -0.121. The molecule has 7 heteroatoms. The largest absolute Gasteiger partial charge is 0.494 e. The highest BCUT2D eigenvalue weighted by atomic mass is 16.5. The molecule has 0 aliphatic carbocycles. The van der Waals surface area contributed by atoms with E-state index in [0.717, 1.165) is 17.7 Å². The van der Waals surface area contributed by atoms with Crippen molar-refractivity contribution in [1.29, 1.82) is 0 Å². The molecule has 112 valence electrons. The molecule has 0 spiro atoms. The van der Waals surface area contributed by atoms with Gasteiger partial charge in [-0.1, -0.05) is 12.1 Å². The minimum atomic E-state index is -0.110. The summed E-state index contributed by atoms with van der Waals surface area (Å²) in [5.74, 6) is 1.36. The van der Waals surface area contributed by atoms with Gasteiger partial charge in [0.25, 0.3) is 0 Å². The quantitative estimate of drug-likeness (QED) is 0.765. The lowest BCUT2D eigenvalue weighted by Gasteiger charge is -2.08. The molecule has 2 aromatic rings. The van der Waals surface area contributed by atoms with Gasteiger partial charge in [0.1, 0.15) is 18.1 Å². The normalized spacial score (nSPS) is 10.4. The minimum Gasteiger partial charge on any atom is -0.494 e. The van der Waals surface area contributed by atoms with Crippen molar-refractivity contribution in [3.05, 3.63) is 35.7 Å². The number of hydrogen-bond donors (Lipinski definition) is 1. The van der Waals surface area contributed by atoms with Gasteiger partial charge in [-0.15, -0.1) is 5.10 Å². The predicted molar refractivity (Wildman–Crippen MR) is 76.9 cm³/mol. The maximum absolute atomic E-state index is 11.7. The van der Waals surface area contributed by atoms with Crippen LogP contribution >= 0.6 is 0 Å². The maximum Gasteiger partial charge on any atom is 0.241 e. The number of nitrogens with one attached hydrogen (secondary N) is 1. The predicted octanol–water partition coefficient (Wildman–Crippen LogP) is 0.875. The molecule has 0 aliphatic rings. The zero-order valence-electron chi connectivity index (χ0n) is 12.2. The SMILES string of the molecule is Cc1cccc(OCCCNC(=O)Cn2nnnc2C)c1. The summed E-state index contributed by atoms with van der Waals surface area (Å²) in [4.78, 5) is 11.7. The third-order valence-corrected chi connectivity index (χ3v) is 2.91. The number of tetrazole rings is 1. The van der Waals surface area contributed by atoms with E-state index >= 15 is 0 Å². The average Bonchev–Trinajstić information content (AvgIpc) is 2.84. The van der Waals surface area contributed by atoms with Crippen LogP contribution < -0.4 is 10.1 Å². The molecule has 0 atom stereocenters. The van der Waals surface area contributed by atoms with Gasteiger partial charge in [-0.25, -0.2) is 4.68 Å². The Bertz CT molecular complexity index is 597. The molecule has 2 rings (SSSR count). The Morgan fingerprint density at radius 2 is 2.24 bits per heavy atom. The molecule has 1 amide bonds. The second kappa shape index (κ2) is 7.37. The first-order valence-corrected chi connectivity index (χ1v) is 6.84. The van der Waals surface area contributed by atoms with Crippen molar-refractivity contribution < 1.29 is 9.53 Å². The third kappa shape index (κ3) is 4.87. The fraction of sp³-hybridized carbons (Fsp3) is 0.429. The summed E-state index contributed by atoms with van der Waals surface area (Å²) in [6.07, 6.45) is 0.744. The van der Waals surface area contributed by atoms with Gasteiger partial charge in [0.05, 0.1) is 6.61 Å². The topological polar surface area (TPSA) is 81.9 Å². The van der Waals surface area contributed by atoms with Crippen molar-refractivity contribution in [3.8, 4) is 5.75 Å². The first-order valence-electron chi connectivity index (χ1n) is 6.84. The Kier molecular flexibility index (Phi) is 5.25. The van der Waals surface area contributed by atoms with Gasteiger partial charge in [0, 0.05) is 6.54 Å². The molecule has 0 saturated carbocycles. The summed E-state index contributed by atoms with van der Waals surface area (Å²) in [6, 6.07) is 7.89. The number of benzene rings is 1. The highest BCUT2D eigenvalue weighted by molar-refractivity contribution is 5.75. The van der Waals surface area contributed by atoms with E-state index in [2.05, 4.69) is 20.8 Å². The van der Waals surface area contributed by atoms with E-state index in [1.807, 2.05) is 31.2 Å². The summed E-state index contributed by atoms with van der Waals surface area (Å²) in [5, 5.41) is 13.7. The Morgan fingerprint density at radius 1 is 1.38 bits per heavy atom. The number of carbonyl (C=O) groups excluding carboxylic acids is 1. The van der Waals surface area contributed by atoms with E-state index < -0.39 is 0 Å². The molecular formula is C14H19N5O2. The Morgan fingerprint density at radius 3 is 2.95 bits per heavy atom. The molecule has 1 N–H and O–H groups in total. The van der Waals surface area contributed by atoms with Crippen LogP contribution in [0.2, 0.25) is 0 Å². The van der Waals surface area contributed by atoms with Crippen LogP contribution in [-0.4, -0.2) is 39.3 Å². The van der Waals surface area contributed by atoms with E-state index in [-0.39, 0.29) is 12.5 Å². The smallest absolute Gasteiger partial charge is 0.241 e. The van der Waals surface area contributed by atoms with E-state index in [9.17, 15) is 4.79 Å². The monoisotopic (exact) mass is 289 g/mol. The first-order chi connectivity index (χ1) is 10.1. The Balaban J connectivity index is 1.61. The number of aromatic nitrogens is 4. The van der Waals surface area contributed by atoms with Crippen molar-refractivity contribution in [2.24, 2.45) is 0 Å². The van der Waals surface area contributed by atoms with E-state index in [1.165, 1.54) is 4.68 Å². The number of rotatable bonds is 7. The van der Waals surface area contributed by atoms with Crippen LogP contribution in [0.4, 0.5) is 0 Å². The molecule has 0 bridgehead atoms. The van der Waals surface area contributed by atoms with Gasteiger partial charge in [-0.05, 0) is 48.4 Å². The zero-order chi connectivity index (χ0) is 15.1. The van der Waals surface area contributed by atoms with Crippen LogP contribution in [-0.2, 0) is 11.3 Å². The highest BCUT2D eigenvalue weighted by Crippen LogP contribution is 2.12. The summed E-state index contributed by atoms with van der Waals surface area (Å²) in [6.45, 7) is 5.04. The Labute approximate surface area is 123 Å². The van der Waals surface area contributed by atoms with Crippen molar-refractivity contribution in [2.75, 3.05) is 13.2 Å². The lowest BCUT2D eigenvalue weighted by atomic mass is 10.2.